The second-order valence-corrected chi connectivity index (χ2v) is 8.71. The number of sulfonamides is 1. The van der Waals surface area contributed by atoms with Crippen molar-refractivity contribution in [2.75, 3.05) is 18.9 Å². The van der Waals surface area contributed by atoms with Gasteiger partial charge in [-0.15, -0.1) is 0 Å². The molecule has 4 rings (SSSR count). The lowest BCUT2D eigenvalue weighted by Crippen LogP contribution is -2.35. The molecule has 0 atom stereocenters. The largest absolute Gasteiger partial charge is 0.323 e. The first-order chi connectivity index (χ1) is 14.9. The SMILES string of the molecule is CN(CC(=O)Nc1ccccc1-n1ncc2c(=O)[nH]cnc21)S(=O)(=O)c1ccccc1. The summed E-state index contributed by atoms with van der Waals surface area (Å²) < 4.78 is 27.7. The number of H-pyrrole nitrogens is 1. The van der Waals surface area contributed by atoms with E-state index < -0.39 is 15.9 Å². The number of aromatic amines is 1. The maximum Gasteiger partial charge on any atom is 0.261 e. The molecular weight excluding hydrogens is 420 g/mol. The number of nitrogens with one attached hydrogen (secondary N) is 2. The number of nitrogens with zero attached hydrogens (tertiary/aromatic N) is 4. The number of likely N-dealkylation sites (N-methyl/N-ethyl adjacent to an activating group) is 1. The van der Waals surface area contributed by atoms with Crippen LogP contribution in [0.3, 0.4) is 0 Å². The van der Waals surface area contributed by atoms with Gasteiger partial charge in [0.1, 0.15) is 5.39 Å². The van der Waals surface area contributed by atoms with E-state index in [1.165, 1.54) is 36.4 Å². The van der Waals surface area contributed by atoms with Gasteiger partial charge in [-0.05, 0) is 24.3 Å². The minimum Gasteiger partial charge on any atom is -0.323 e. The molecule has 0 fully saturated rings. The van der Waals surface area contributed by atoms with E-state index >= 15 is 0 Å². The number of para-hydroxylation sites is 2. The van der Waals surface area contributed by atoms with Crippen LogP contribution in [0, 0.1) is 0 Å². The van der Waals surface area contributed by atoms with E-state index in [0.717, 1.165) is 4.31 Å². The van der Waals surface area contributed by atoms with Gasteiger partial charge in [-0.1, -0.05) is 30.3 Å². The zero-order chi connectivity index (χ0) is 22.0. The standard InChI is InChI=1S/C20H18N6O4S/c1-25(31(29,30)14-7-3-2-4-8-14)12-18(27)24-16-9-5-6-10-17(16)26-19-15(11-23-26)20(28)22-13-21-19/h2-11,13H,12H2,1H3,(H,24,27)(H,21,22,28). The van der Waals surface area contributed by atoms with Crippen molar-refractivity contribution >= 4 is 32.7 Å². The molecule has 0 aliphatic carbocycles. The van der Waals surface area contributed by atoms with Gasteiger partial charge in [-0.2, -0.15) is 9.40 Å². The number of benzene rings is 2. The molecule has 2 heterocycles. The average molecular weight is 438 g/mol. The Balaban J connectivity index is 1.59. The zero-order valence-corrected chi connectivity index (χ0v) is 17.2. The summed E-state index contributed by atoms with van der Waals surface area (Å²) >= 11 is 0. The third-order valence-electron chi connectivity index (χ3n) is 4.59. The Bertz CT molecular complexity index is 1410. The van der Waals surface area contributed by atoms with Gasteiger partial charge in [-0.3, -0.25) is 9.59 Å². The summed E-state index contributed by atoms with van der Waals surface area (Å²) in [5.41, 5.74) is 0.877. The number of rotatable bonds is 6. The number of amides is 1. The van der Waals surface area contributed by atoms with E-state index in [2.05, 4.69) is 20.4 Å². The van der Waals surface area contributed by atoms with Crippen molar-refractivity contribution in [1.82, 2.24) is 24.1 Å². The Morgan fingerprint density at radius 3 is 2.61 bits per heavy atom. The molecule has 0 saturated heterocycles. The Kier molecular flexibility index (Phi) is 5.36. The van der Waals surface area contributed by atoms with E-state index in [0.29, 0.717) is 22.4 Å². The van der Waals surface area contributed by atoms with Crippen molar-refractivity contribution < 1.29 is 13.2 Å². The molecule has 2 N–H and O–H groups in total. The van der Waals surface area contributed by atoms with Gasteiger partial charge in [0, 0.05) is 7.05 Å². The van der Waals surface area contributed by atoms with Crippen LogP contribution in [0.4, 0.5) is 5.69 Å². The first-order valence-corrected chi connectivity index (χ1v) is 10.6. The quantitative estimate of drug-likeness (QED) is 0.468. The third-order valence-corrected chi connectivity index (χ3v) is 6.41. The summed E-state index contributed by atoms with van der Waals surface area (Å²) in [5, 5.41) is 7.23. The van der Waals surface area contributed by atoms with Gasteiger partial charge in [0.25, 0.3) is 5.56 Å². The number of hydrogen-bond acceptors (Lipinski definition) is 6. The van der Waals surface area contributed by atoms with E-state index in [4.69, 9.17) is 0 Å². The lowest BCUT2D eigenvalue weighted by molar-refractivity contribution is -0.116. The first kappa shape index (κ1) is 20.4. The fraction of sp³-hybridized carbons (Fsp3) is 0.100. The van der Waals surface area contributed by atoms with Crippen LogP contribution in [0.25, 0.3) is 16.7 Å². The number of carbonyl (C=O) groups is 1. The molecular formula is C20H18N6O4S. The van der Waals surface area contributed by atoms with Crippen LogP contribution in [0.5, 0.6) is 0 Å². The number of fused-ring (bicyclic) bond motifs is 1. The van der Waals surface area contributed by atoms with Gasteiger partial charge in [0.05, 0.1) is 35.3 Å². The lowest BCUT2D eigenvalue weighted by Gasteiger charge is -2.17. The molecule has 0 unspecified atom stereocenters. The van der Waals surface area contributed by atoms with Gasteiger partial charge < -0.3 is 10.3 Å². The molecule has 0 saturated carbocycles. The Labute approximate surface area is 177 Å². The van der Waals surface area contributed by atoms with Crippen LogP contribution < -0.4 is 10.9 Å². The summed E-state index contributed by atoms with van der Waals surface area (Å²) in [6.45, 7) is -0.386. The van der Waals surface area contributed by atoms with Crippen LogP contribution in [-0.2, 0) is 14.8 Å². The smallest absolute Gasteiger partial charge is 0.261 e. The van der Waals surface area contributed by atoms with E-state index in [1.54, 1.807) is 42.5 Å². The van der Waals surface area contributed by atoms with Crippen LogP contribution in [0.15, 0.2) is 76.8 Å². The molecule has 0 bridgehead atoms. The fourth-order valence-corrected chi connectivity index (χ4v) is 4.19. The van der Waals surface area contributed by atoms with Gasteiger partial charge >= 0.3 is 0 Å². The summed E-state index contributed by atoms with van der Waals surface area (Å²) in [5.74, 6) is -0.531. The number of carbonyl (C=O) groups excluding carboxylic acids is 1. The molecule has 2 aromatic heterocycles. The maximum atomic E-state index is 12.6. The van der Waals surface area contributed by atoms with Crippen molar-refractivity contribution in [3.8, 4) is 5.69 Å². The Morgan fingerprint density at radius 2 is 1.84 bits per heavy atom. The van der Waals surface area contributed by atoms with E-state index in [9.17, 15) is 18.0 Å². The molecule has 0 aliphatic rings. The average Bonchev–Trinajstić information content (AvgIpc) is 3.20. The van der Waals surface area contributed by atoms with Gasteiger partial charge in [0.2, 0.25) is 15.9 Å². The number of hydrogen-bond donors (Lipinski definition) is 2. The van der Waals surface area contributed by atoms with Crippen molar-refractivity contribution in [2.24, 2.45) is 0 Å². The molecule has 158 valence electrons. The fourth-order valence-electron chi connectivity index (χ4n) is 3.05. The second-order valence-electron chi connectivity index (χ2n) is 6.66. The van der Waals surface area contributed by atoms with Gasteiger partial charge in [-0.25, -0.2) is 18.1 Å². The molecule has 1 amide bonds. The maximum absolute atomic E-state index is 12.6. The summed E-state index contributed by atoms with van der Waals surface area (Å²) in [6, 6.07) is 14.7. The monoisotopic (exact) mass is 438 g/mol. The molecule has 4 aromatic rings. The minimum atomic E-state index is -3.81. The summed E-state index contributed by atoms with van der Waals surface area (Å²) in [4.78, 5) is 31.3. The normalized spacial score (nSPS) is 11.7. The van der Waals surface area contributed by atoms with Crippen molar-refractivity contribution in [3.05, 3.63) is 77.5 Å². The van der Waals surface area contributed by atoms with Crippen molar-refractivity contribution in [2.45, 2.75) is 4.90 Å². The van der Waals surface area contributed by atoms with Crippen LogP contribution in [0.1, 0.15) is 0 Å². The van der Waals surface area contributed by atoms with Crippen LogP contribution >= 0.6 is 0 Å². The molecule has 0 aliphatic heterocycles. The Morgan fingerprint density at radius 1 is 1.13 bits per heavy atom. The minimum absolute atomic E-state index is 0.102. The third kappa shape index (κ3) is 3.96. The predicted molar refractivity (Wildman–Crippen MR) is 114 cm³/mol. The highest BCUT2D eigenvalue weighted by atomic mass is 32.2. The van der Waals surface area contributed by atoms with Crippen molar-refractivity contribution in [1.29, 1.82) is 0 Å². The molecule has 10 nitrogen and oxygen atoms in total. The van der Waals surface area contributed by atoms with E-state index in [-0.39, 0.29) is 17.0 Å². The molecule has 0 spiro atoms. The highest BCUT2D eigenvalue weighted by molar-refractivity contribution is 7.89. The van der Waals surface area contributed by atoms with Gasteiger partial charge in [0.15, 0.2) is 5.65 Å². The topological polar surface area (TPSA) is 130 Å². The molecule has 11 heteroatoms. The number of anilines is 1. The molecule has 31 heavy (non-hydrogen) atoms. The molecule has 0 radical (unpaired) electrons. The summed E-state index contributed by atoms with van der Waals surface area (Å²) in [7, 11) is -2.47. The van der Waals surface area contributed by atoms with E-state index in [1.807, 2.05) is 0 Å². The molecule has 2 aromatic carbocycles. The number of aromatic nitrogens is 4. The Hall–Kier alpha value is -3.83. The first-order valence-electron chi connectivity index (χ1n) is 9.20. The highest BCUT2D eigenvalue weighted by Crippen LogP contribution is 2.22. The van der Waals surface area contributed by atoms with Crippen LogP contribution in [0.2, 0.25) is 0 Å². The second kappa shape index (κ2) is 8.13. The highest BCUT2D eigenvalue weighted by Gasteiger charge is 2.23. The van der Waals surface area contributed by atoms with Crippen LogP contribution in [-0.4, -0.2) is 52.0 Å². The lowest BCUT2D eigenvalue weighted by atomic mass is 10.2. The summed E-state index contributed by atoms with van der Waals surface area (Å²) in [6.07, 6.45) is 2.66. The zero-order valence-electron chi connectivity index (χ0n) is 16.4. The predicted octanol–water partition coefficient (Wildman–Crippen LogP) is 1.37. The van der Waals surface area contributed by atoms with Crippen molar-refractivity contribution in [3.63, 3.8) is 0 Å².